The Morgan fingerprint density at radius 2 is 0.482 bits per heavy atom. The Morgan fingerprint density at radius 3 is 0.771 bits per heavy atom. The first kappa shape index (κ1) is 78.8. The Morgan fingerprint density at radius 1 is 0.253 bits per heavy atom. The Hall–Kier alpha value is -4.19. The van der Waals surface area contributed by atoms with Gasteiger partial charge in [-0.3, -0.25) is 14.4 Å². The summed E-state index contributed by atoms with van der Waals surface area (Å²) in [4.78, 5) is 38.2. The lowest BCUT2D eigenvalue weighted by Crippen LogP contribution is -2.30. The molecule has 0 amide bonds. The van der Waals surface area contributed by atoms with Crippen LogP contribution in [-0.2, 0) is 28.6 Å². The van der Waals surface area contributed by atoms with Gasteiger partial charge in [0.15, 0.2) is 6.10 Å². The van der Waals surface area contributed by atoms with Crippen molar-refractivity contribution in [2.24, 2.45) is 0 Å². The second-order valence-electron chi connectivity index (χ2n) is 23.1. The molecule has 474 valence electrons. The fraction of sp³-hybridized carbons (Fsp3) is 0.701. The van der Waals surface area contributed by atoms with Gasteiger partial charge in [-0.05, 0) is 109 Å². The summed E-state index contributed by atoms with van der Waals surface area (Å²) < 4.78 is 16.9. The molecular formula is C77H130O6. The first-order chi connectivity index (χ1) is 41.0. The van der Waals surface area contributed by atoms with Gasteiger partial charge < -0.3 is 14.2 Å². The van der Waals surface area contributed by atoms with Crippen LogP contribution in [0.4, 0.5) is 0 Å². The molecule has 0 aromatic carbocycles. The molecule has 0 aliphatic rings. The first-order valence-electron chi connectivity index (χ1n) is 35.0. The minimum absolute atomic E-state index is 0.0999. The third-order valence-corrected chi connectivity index (χ3v) is 15.0. The van der Waals surface area contributed by atoms with E-state index in [0.717, 1.165) is 103 Å². The summed E-state index contributed by atoms with van der Waals surface area (Å²) in [5.41, 5.74) is 0. The highest BCUT2D eigenvalue weighted by Crippen LogP contribution is 2.17. The van der Waals surface area contributed by atoms with E-state index in [-0.39, 0.29) is 37.5 Å². The molecule has 0 aromatic rings. The van der Waals surface area contributed by atoms with Crippen LogP contribution in [0.15, 0.2) is 122 Å². The largest absolute Gasteiger partial charge is 0.462 e. The van der Waals surface area contributed by atoms with Crippen molar-refractivity contribution in [2.75, 3.05) is 13.2 Å². The fourth-order valence-electron chi connectivity index (χ4n) is 9.74. The van der Waals surface area contributed by atoms with Gasteiger partial charge in [0, 0.05) is 19.3 Å². The molecule has 0 heterocycles. The van der Waals surface area contributed by atoms with Crippen molar-refractivity contribution in [3.05, 3.63) is 122 Å². The van der Waals surface area contributed by atoms with Crippen molar-refractivity contribution in [1.82, 2.24) is 0 Å². The number of esters is 3. The predicted molar refractivity (Wildman–Crippen MR) is 362 cm³/mol. The molecular weight excluding hydrogens is 1020 g/mol. The molecule has 1 atom stereocenters. The van der Waals surface area contributed by atoms with Crippen molar-refractivity contribution >= 4 is 17.9 Å². The molecule has 0 aliphatic carbocycles. The van der Waals surface area contributed by atoms with Crippen LogP contribution in [0.2, 0.25) is 0 Å². The van der Waals surface area contributed by atoms with Crippen LogP contribution < -0.4 is 0 Å². The summed E-state index contributed by atoms with van der Waals surface area (Å²) in [5, 5.41) is 0. The van der Waals surface area contributed by atoms with Gasteiger partial charge in [-0.2, -0.15) is 0 Å². The van der Waals surface area contributed by atoms with E-state index in [1.54, 1.807) is 0 Å². The van der Waals surface area contributed by atoms with Crippen molar-refractivity contribution in [3.63, 3.8) is 0 Å². The van der Waals surface area contributed by atoms with Crippen molar-refractivity contribution < 1.29 is 28.6 Å². The lowest BCUT2D eigenvalue weighted by molar-refractivity contribution is -0.167. The van der Waals surface area contributed by atoms with E-state index in [1.807, 2.05) is 0 Å². The van der Waals surface area contributed by atoms with Crippen molar-refractivity contribution in [1.29, 1.82) is 0 Å². The summed E-state index contributed by atoms with van der Waals surface area (Å²) in [6.07, 6.45) is 98.2. The van der Waals surface area contributed by atoms with Gasteiger partial charge in [0.1, 0.15) is 13.2 Å². The predicted octanol–water partition coefficient (Wildman–Crippen LogP) is 24.3. The second-order valence-corrected chi connectivity index (χ2v) is 23.1. The molecule has 0 radical (unpaired) electrons. The number of unbranched alkanes of at least 4 members (excludes halogenated alkanes) is 32. The molecule has 0 aromatic heterocycles. The summed E-state index contributed by atoms with van der Waals surface area (Å²) in [6, 6.07) is 0. The fourth-order valence-corrected chi connectivity index (χ4v) is 9.74. The van der Waals surface area contributed by atoms with Gasteiger partial charge in [0.05, 0.1) is 0 Å². The maximum absolute atomic E-state index is 12.9. The average molecular weight is 1150 g/mol. The minimum Gasteiger partial charge on any atom is -0.462 e. The highest BCUT2D eigenvalue weighted by Gasteiger charge is 2.19. The van der Waals surface area contributed by atoms with Gasteiger partial charge in [0.2, 0.25) is 0 Å². The molecule has 0 saturated carbocycles. The van der Waals surface area contributed by atoms with Crippen LogP contribution in [0.1, 0.15) is 329 Å². The number of allylic oxidation sites excluding steroid dienone is 20. The average Bonchev–Trinajstić information content (AvgIpc) is 3.49. The zero-order chi connectivity index (χ0) is 59.9. The Bertz CT molecular complexity index is 1700. The molecule has 83 heavy (non-hydrogen) atoms. The highest BCUT2D eigenvalue weighted by molar-refractivity contribution is 5.71. The Labute approximate surface area is 513 Å². The SMILES string of the molecule is CC/C=C\C/C=C\C/C=C\C/C=C\C/C=C\C/C=C\C/C=C\CCCC(=O)OC(COC(=O)CCCCCCCCCCC)COC(=O)CCCCCCCCCCCCCCCCCCCC/C=C\C/C=C\C/C=C\CCCCCCC. The van der Waals surface area contributed by atoms with Crippen LogP contribution in [0.3, 0.4) is 0 Å². The van der Waals surface area contributed by atoms with E-state index in [2.05, 4.69) is 142 Å². The molecule has 6 nitrogen and oxygen atoms in total. The molecule has 0 N–H and O–H groups in total. The van der Waals surface area contributed by atoms with E-state index in [9.17, 15) is 14.4 Å². The number of carbonyl (C=O) groups excluding carboxylic acids is 3. The maximum Gasteiger partial charge on any atom is 0.306 e. The minimum atomic E-state index is -0.809. The van der Waals surface area contributed by atoms with Gasteiger partial charge in [-0.1, -0.05) is 322 Å². The standard InChI is InChI=1S/C77H130O6/c1-4-7-10-13-16-19-21-23-25-27-29-31-33-34-35-36-37-38-39-40-41-42-44-45-47-49-51-53-55-58-61-64-67-70-76(79)82-73-74(72-81-75(78)69-66-63-60-57-18-15-12-9-6-3)83-77(80)71-68-65-62-59-56-54-52-50-48-46-43-32-30-28-26-24-22-20-17-14-11-8-5-2/h8,11,17,20-21,23-24,26-27,29-30,32-34,46,48,52,54,59,62,74H,4-7,9-10,12-16,18-19,22,25,28,31,35-45,47,49-51,53,55-58,60-61,63-73H2,1-3H3/b11-8-,20-17-,23-21-,26-24-,29-27-,32-30-,34-33-,48-46-,54-52-,62-59-. The van der Waals surface area contributed by atoms with Gasteiger partial charge in [-0.25, -0.2) is 0 Å². The number of ether oxygens (including phenoxy) is 3. The highest BCUT2D eigenvalue weighted by atomic mass is 16.6. The third kappa shape index (κ3) is 68.5. The lowest BCUT2D eigenvalue weighted by atomic mass is 10.0. The van der Waals surface area contributed by atoms with Gasteiger partial charge in [0.25, 0.3) is 0 Å². The molecule has 0 fully saturated rings. The summed E-state index contributed by atoms with van der Waals surface area (Å²) in [5.74, 6) is -0.954. The van der Waals surface area contributed by atoms with Crippen molar-refractivity contribution in [2.45, 2.75) is 335 Å². The molecule has 6 heteroatoms. The van der Waals surface area contributed by atoms with Crippen LogP contribution in [0.25, 0.3) is 0 Å². The smallest absolute Gasteiger partial charge is 0.306 e. The van der Waals surface area contributed by atoms with E-state index in [4.69, 9.17) is 14.2 Å². The van der Waals surface area contributed by atoms with Crippen LogP contribution in [0, 0.1) is 0 Å². The van der Waals surface area contributed by atoms with E-state index < -0.39 is 6.10 Å². The molecule has 1 unspecified atom stereocenters. The molecule has 0 saturated heterocycles. The van der Waals surface area contributed by atoms with E-state index in [0.29, 0.717) is 19.3 Å². The Kier molecular flexibility index (Phi) is 66.7. The monoisotopic (exact) mass is 1150 g/mol. The second kappa shape index (κ2) is 70.3. The van der Waals surface area contributed by atoms with E-state index in [1.165, 1.54) is 180 Å². The number of rotatable bonds is 63. The zero-order valence-electron chi connectivity index (χ0n) is 54.4. The molecule has 0 rings (SSSR count). The lowest BCUT2D eigenvalue weighted by Gasteiger charge is -2.18. The topological polar surface area (TPSA) is 78.9 Å². The summed E-state index contributed by atoms with van der Waals surface area (Å²) in [6.45, 7) is 6.47. The van der Waals surface area contributed by atoms with E-state index >= 15 is 0 Å². The quantitative estimate of drug-likeness (QED) is 0.0261. The van der Waals surface area contributed by atoms with Crippen LogP contribution in [0.5, 0.6) is 0 Å². The number of hydrogen-bond acceptors (Lipinski definition) is 6. The van der Waals surface area contributed by atoms with Crippen LogP contribution >= 0.6 is 0 Å². The van der Waals surface area contributed by atoms with Crippen LogP contribution in [-0.4, -0.2) is 37.2 Å². The third-order valence-electron chi connectivity index (χ3n) is 15.0. The van der Waals surface area contributed by atoms with Gasteiger partial charge >= 0.3 is 17.9 Å². The molecule has 0 spiro atoms. The Balaban J connectivity index is 4.19. The first-order valence-corrected chi connectivity index (χ1v) is 35.0. The zero-order valence-corrected chi connectivity index (χ0v) is 54.4. The summed E-state index contributed by atoms with van der Waals surface area (Å²) >= 11 is 0. The number of hydrogen-bond donors (Lipinski definition) is 0. The van der Waals surface area contributed by atoms with Gasteiger partial charge in [-0.15, -0.1) is 0 Å². The molecule has 0 aliphatic heterocycles. The maximum atomic E-state index is 12.9. The number of carbonyl (C=O) groups is 3. The summed E-state index contributed by atoms with van der Waals surface area (Å²) in [7, 11) is 0. The normalized spacial score (nSPS) is 12.9. The van der Waals surface area contributed by atoms with Crippen molar-refractivity contribution in [3.8, 4) is 0 Å². The molecule has 0 bridgehead atoms.